The standard InChI is InChI=1S/C32H40N2O/c1-20-28(24-12-10-11-13-27(24)33-20)29(21-14-16-23(17-15-21)34(8)9)22-18-25(31(2,3)4)30(35)26(19-22)32(5,6)7/h10-19,29,33,35H,1-9H3/t29-/m1/s1. The van der Waals surface area contributed by atoms with Crippen LogP contribution in [0.25, 0.3) is 10.9 Å². The maximum atomic E-state index is 11.4. The van der Waals surface area contributed by atoms with Crippen molar-refractivity contribution < 1.29 is 5.11 Å². The van der Waals surface area contributed by atoms with E-state index in [1.165, 1.54) is 33.5 Å². The fourth-order valence-corrected chi connectivity index (χ4v) is 5.13. The Hall–Kier alpha value is -3.20. The van der Waals surface area contributed by atoms with Crippen LogP contribution in [-0.4, -0.2) is 24.2 Å². The molecule has 3 aromatic carbocycles. The Morgan fingerprint density at radius 2 is 1.31 bits per heavy atom. The van der Waals surface area contributed by atoms with Crippen LogP contribution in [0, 0.1) is 6.92 Å². The molecule has 35 heavy (non-hydrogen) atoms. The van der Waals surface area contributed by atoms with Gasteiger partial charge in [0.05, 0.1) is 0 Å². The monoisotopic (exact) mass is 468 g/mol. The predicted molar refractivity (Wildman–Crippen MR) is 150 cm³/mol. The van der Waals surface area contributed by atoms with Crippen LogP contribution in [0.4, 0.5) is 5.69 Å². The number of hydrogen-bond donors (Lipinski definition) is 2. The predicted octanol–water partition coefficient (Wildman–Crippen LogP) is 8.02. The molecule has 0 saturated heterocycles. The smallest absolute Gasteiger partial charge is 0.123 e. The third-order valence-corrected chi connectivity index (χ3v) is 7.06. The zero-order valence-electron chi connectivity index (χ0n) is 22.7. The van der Waals surface area contributed by atoms with Crippen LogP contribution in [-0.2, 0) is 10.8 Å². The van der Waals surface area contributed by atoms with E-state index in [1.807, 2.05) is 0 Å². The van der Waals surface area contributed by atoms with Crippen molar-refractivity contribution in [2.24, 2.45) is 0 Å². The van der Waals surface area contributed by atoms with Gasteiger partial charge in [-0.25, -0.2) is 0 Å². The number of benzene rings is 3. The van der Waals surface area contributed by atoms with Crippen LogP contribution in [0.2, 0.25) is 0 Å². The molecule has 0 fully saturated rings. The maximum absolute atomic E-state index is 11.4. The highest BCUT2D eigenvalue weighted by Crippen LogP contribution is 2.45. The molecule has 0 aliphatic carbocycles. The first-order valence-corrected chi connectivity index (χ1v) is 12.5. The van der Waals surface area contributed by atoms with Gasteiger partial charge in [-0.05, 0) is 63.8 Å². The van der Waals surface area contributed by atoms with Gasteiger partial charge < -0.3 is 15.0 Å². The maximum Gasteiger partial charge on any atom is 0.123 e. The van der Waals surface area contributed by atoms with Gasteiger partial charge in [0.25, 0.3) is 0 Å². The number of rotatable bonds is 4. The summed E-state index contributed by atoms with van der Waals surface area (Å²) in [6, 6.07) is 21.9. The molecule has 3 nitrogen and oxygen atoms in total. The van der Waals surface area contributed by atoms with Crippen LogP contribution in [0.5, 0.6) is 5.75 Å². The highest BCUT2D eigenvalue weighted by atomic mass is 16.3. The van der Waals surface area contributed by atoms with E-state index in [4.69, 9.17) is 0 Å². The van der Waals surface area contributed by atoms with Crippen LogP contribution in [0.1, 0.15) is 81.0 Å². The highest BCUT2D eigenvalue weighted by molar-refractivity contribution is 5.86. The second-order valence-electron chi connectivity index (χ2n) is 12.1. The average Bonchev–Trinajstić information content (AvgIpc) is 3.09. The Labute approximate surface area is 210 Å². The summed E-state index contributed by atoms with van der Waals surface area (Å²) >= 11 is 0. The number of fused-ring (bicyclic) bond motifs is 1. The van der Waals surface area contributed by atoms with E-state index >= 15 is 0 Å². The summed E-state index contributed by atoms with van der Waals surface area (Å²) in [5.74, 6) is 0.455. The fourth-order valence-electron chi connectivity index (χ4n) is 5.13. The molecule has 0 amide bonds. The average molecular weight is 469 g/mol. The minimum atomic E-state index is -0.186. The Bertz CT molecular complexity index is 1310. The van der Waals surface area contributed by atoms with E-state index in [-0.39, 0.29) is 16.7 Å². The number of nitrogens with zero attached hydrogens (tertiary/aromatic N) is 1. The summed E-state index contributed by atoms with van der Waals surface area (Å²) in [5.41, 5.74) is 8.87. The third kappa shape index (κ3) is 4.69. The molecule has 0 unspecified atom stereocenters. The lowest BCUT2D eigenvalue weighted by molar-refractivity contribution is 0.422. The zero-order valence-corrected chi connectivity index (χ0v) is 22.7. The Kier molecular flexibility index (Phi) is 6.25. The molecule has 4 rings (SSSR count). The lowest BCUT2D eigenvalue weighted by atomic mass is 9.75. The van der Waals surface area contributed by atoms with Gasteiger partial charge in [0, 0.05) is 42.3 Å². The molecule has 0 radical (unpaired) electrons. The molecule has 1 heterocycles. The number of phenolic OH excluding ortho intramolecular Hbond substituents is 1. The Balaban J connectivity index is 2.07. The summed E-state index contributed by atoms with van der Waals surface area (Å²) in [7, 11) is 4.14. The lowest BCUT2D eigenvalue weighted by Crippen LogP contribution is -2.19. The van der Waals surface area contributed by atoms with Crippen LogP contribution < -0.4 is 4.90 Å². The SMILES string of the molecule is Cc1[nH]c2ccccc2c1[C@H](c1ccc(N(C)C)cc1)c1cc(C(C)(C)C)c(O)c(C(C)(C)C)c1. The van der Waals surface area contributed by atoms with E-state index in [9.17, 15) is 5.11 Å². The minimum absolute atomic E-state index is 0.0326. The normalized spacial score (nSPS) is 13.3. The highest BCUT2D eigenvalue weighted by Gasteiger charge is 2.30. The van der Waals surface area contributed by atoms with Gasteiger partial charge >= 0.3 is 0 Å². The topological polar surface area (TPSA) is 39.3 Å². The molecule has 0 bridgehead atoms. The molecule has 0 aliphatic heterocycles. The molecule has 2 N–H and O–H groups in total. The first-order chi connectivity index (χ1) is 16.3. The van der Waals surface area contributed by atoms with Crippen molar-refractivity contribution in [3.05, 3.63) is 94.2 Å². The number of aromatic amines is 1. The van der Waals surface area contributed by atoms with Crippen molar-refractivity contribution in [3.8, 4) is 5.75 Å². The van der Waals surface area contributed by atoms with Gasteiger partial charge in [-0.1, -0.05) is 84.0 Å². The Morgan fingerprint density at radius 3 is 1.83 bits per heavy atom. The summed E-state index contributed by atoms with van der Waals surface area (Å²) in [5, 5.41) is 12.6. The summed E-state index contributed by atoms with van der Waals surface area (Å²) < 4.78 is 0. The third-order valence-electron chi connectivity index (χ3n) is 7.06. The van der Waals surface area contributed by atoms with Crippen LogP contribution >= 0.6 is 0 Å². The van der Waals surface area contributed by atoms with Crippen molar-refractivity contribution in [2.45, 2.75) is 65.2 Å². The molecular weight excluding hydrogens is 428 g/mol. The number of aromatic hydroxyl groups is 1. The molecular formula is C32H40N2O. The molecule has 0 spiro atoms. The molecule has 4 aromatic rings. The summed E-state index contributed by atoms with van der Waals surface area (Å²) in [6.45, 7) is 15.2. The largest absolute Gasteiger partial charge is 0.507 e. The number of anilines is 1. The summed E-state index contributed by atoms with van der Waals surface area (Å²) in [4.78, 5) is 5.75. The molecule has 0 saturated carbocycles. The first kappa shape index (κ1) is 24.9. The van der Waals surface area contributed by atoms with Gasteiger partial charge in [-0.3, -0.25) is 0 Å². The van der Waals surface area contributed by atoms with E-state index in [0.717, 1.165) is 16.6 Å². The number of nitrogens with one attached hydrogen (secondary N) is 1. The second-order valence-corrected chi connectivity index (χ2v) is 12.1. The quantitative estimate of drug-likeness (QED) is 0.318. The van der Waals surface area contributed by atoms with Crippen molar-refractivity contribution in [2.75, 3.05) is 19.0 Å². The first-order valence-electron chi connectivity index (χ1n) is 12.5. The van der Waals surface area contributed by atoms with Crippen molar-refractivity contribution in [3.63, 3.8) is 0 Å². The van der Waals surface area contributed by atoms with Crippen LogP contribution in [0.15, 0.2) is 60.7 Å². The van der Waals surface area contributed by atoms with Crippen LogP contribution in [0.3, 0.4) is 0 Å². The molecule has 184 valence electrons. The Morgan fingerprint density at radius 1 is 0.771 bits per heavy atom. The number of phenols is 1. The van der Waals surface area contributed by atoms with Gasteiger partial charge in [-0.2, -0.15) is 0 Å². The lowest BCUT2D eigenvalue weighted by Gasteiger charge is -2.30. The van der Waals surface area contributed by atoms with Crippen molar-refractivity contribution in [1.29, 1.82) is 0 Å². The summed E-state index contributed by atoms with van der Waals surface area (Å²) in [6.07, 6.45) is 0. The van der Waals surface area contributed by atoms with Crippen molar-refractivity contribution in [1.82, 2.24) is 4.98 Å². The number of hydrogen-bond acceptors (Lipinski definition) is 2. The van der Waals surface area contributed by atoms with Gasteiger partial charge in [-0.15, -0.1) is 0 Å². The van der Waals surface area contributed by atoms with E-state index < -0.39 is 0 Å². The number of para-hydroxylation sites is 1. The minimum Gasteiger partial charge on any atom is -0.507 e. The van der Waals surface area contributed by atoms with E-state index in [1.54, 1.807) is 0 Å². The molecule has 1 aromatic heterocycles. The van der Waals surface area contributed by atoms with Crippen molar-refractivity contribution >= 4 is 16.6 Å². The second kappa shape index (κ2) is 8.78. The van der Waals surface area contributed by atoms with Gasteiger partial charge in [0.1, 0.15) is 5.75 Å². The number of aromatic nitrogens is 1. The molecule has 1 atom stereocenters. The van der Waals surface area contributed by atoms with Gasteiger partial charge in [0.15, 0.2) is 0 Å². The van der Waals surface area contributed by atoms with E-state index in [0.29, 0.717) is 5.75 Å². The zero-order chi connectivity index (χ0) is 25.7. The van der Waals surface area contributed by atoms with E-state index in [2.05, 4.69) is 133 Å². The fraction of sp³-hybridized carbons (Fsp3) is 0.375. The molecule has 3 heteroatoms. The number of H-pyrrole nitrogens is 1. The number of aryl methyl sites for hydroxylation is 1. The molecule has 0 aliphatic rings. The van der Waals surface area contributed by atoms with Gasteiger partial charge in [0.2, 0.25) is 0 Å².